The number of alkyl halides is 3. The normalized spacial score (nSPS) is 14.5. The molecule has 2 N–H and O–H groups in total. The number of aromatic amines is 1. The molecule has 0 radical (unpaired) electrons. The number of hydrogen-bond donors (Lipinski definition) is 2. The molecule has 0 spiro atoms. The van der Waals surface area contributed by atoms with Gasteiger partial charge in [0.1, 0.15) is 23.1 Å². The molecule has 2 aromatic carbocycles. The second-order valence-corrected chi connectivity index (χ2v) is 8.41. The largest absolute Gasteiger partial charge is 0.480 e. The number of aryl methyl sites for hydroxylation is 1. The number of aromatic nitrogens is 5. The Morgan fingerprint density at radius 1 is 1.25 bits per heavy atom. The zero-order chi connectivity index (χ0) is 25.6. The minimum Gasteiger partial charge on any atom is -0.480 e. The third-order valence-corrected chi connectivity index (χ3v) is 5.98. The first-order valence-electron chi connectivity index (χ1n) is 11.1. The maximum Gasteiger partial charge on any atom is 0.425 e. The number of halogens is 4. The molecule has 1 atom stereocenters. The smallest absolute Gasteiger partial charge is 0.425 e. The Labute approximate surface area is 200 Å². The first-order valence-corrected chi connectivity index (χ1v) is 11.1. The lowest BCUT2D eigenvalue weighted by atomic mass is 10.1. The monoisotopic (exact) mass is 504 g/mol. The minimum atomic E-state index is -4.76. The molecule has 0 bridgehead atoms. The predicted octanol–water partition coefficient (Wildman–Crippen LogP) is 3.97. The first kappa shape index (κ1) is 23.6. The minimum absolute atomic E-state index is 0.285. The van der Waals surface area contributed by atoms with Gasteiger partial charge >= 0.3 is 11.9 Å². The Balaban J connectivity index is 1.58. The van der Waals surface area contributed by atoms with Crippen LogP contribution < -0.4 is 15.7 Å². The number of benzene rings is 2. The van der Waals surface area contributed by atoms with Crippen LogP contribution in [0.3, 0.4) is 0 Å². The highest BCUT2D eigenvalue weighted by Crippen LogP contribution is 2.31. The average Bonchev–Trinajstić information content (AvgIpc) is 3.45. The lowest BCUT2D eigenvalue weighted by Gasteiger charge is -2.20. The first-order chi connectivity index (χ1) is 17.1. The maximum absolute atomic E-state index is 15.3. The zero-order valence-electron chi connectivity index (χ0n) is 18.9. The molecule has 0 unspecified atom stereocenters. The Hall–Kier alpha value is -4.16. The van der Waals surface area contributed by atoms with Crippen LogP contribution in [0.4, 0.5) is 23.2 Å². The van der Waals surface area contributed by atoms with Crippen LogP contribution in [0.1, 0.15) is 35.9 Å². The quantitative estimate of drug-likeness (QED) is 0.400. The maximum atomic E-state index is 15.3. The van der Waals surface area contributed by atoms with Crippen molar-refractivity contribution in [3.05, 3.63) is 64.2 Å². The summed E-state index contributed by atoms with van der Waals surface area (Å²) in [6, 6.07) is 6.57. The van der Waals surface area contributed by atoms with E-state index in [1.54, 1.807) is 18.2 Å². The predicted molar refractivity (Wildman–Crippen MR) is 121 cm³/mol. The summed E-state index contributed by atoms with van der Waals surface area (Å²) in [5.74, 6) is -2.04. The lowest BCUT2D eigenvalue weighted by molar-refractivity contribution is -0.189. The van der Waals surface area contributed by atoms with E-state index in [2.05, 4.69) is 20.6 Å². The van der Waals surface area contributed by atoms with Crippen LogP contribution in [0.15, 0.2) is 41.3 Å². The Morgan fingerprint density at radius 2 is 2.06 bits per heavy atom. The topological polar surface area (TPSA) is 107 Å². The Kier molecular flexibility index (Phi) is 5.77. The van der Waals surface area contributed by atoms with Gasteiger partial charge in [-0.05, 0) is 31.9 Å². The van der Waals surface area contributed by atoms with Crippen LogP contribution in [0.5, 0.6) is 5.75 Å². The van der Waals surface area contributed by atoms with Crippen molar-refractivity contribution in [3.63, 3.8) is 0 Å². The van der Waals surface area contributed by atoms with Gasteiger partial charge in [0.25, 0.3) is 5.91 Å². The molecule has 0 saturated heterocycles. The molecule has 5 rings (SSSR count). The number of anilines is 1. The molecular weight excluding hydrogens is 484 g/mol. The summed E-state index contributed by atoms with van der Waals surface area (Å²) in [7, 11) is 0. The van der Waals surface area contributed by atoms with Crippen molar-refractivity contribution in [1.82, 2.24) is 24.5 Å². The summed E-state index contributed by atoms with van der Waals surface area (Å²) in [5, 5.41) is 14.0. The summed E-state index contributed by atoms with van der Waals surface area (Å²) >= 11 is 0. The zero-order valence-corrected chi connectivity index (χ0v) is 18.9. The summed E-state index contributed by atoms with van der Waals surface area (Å²) in [5.41, 5.74) is -0.766. The lowest BCUT2D eigenvalue weighted by Crippen LogP contribution is -2.32. The summed E-state index contributed by atoms with van der Waals surface area (Å²) in [6.07, 6.45) is -3.47. The summed E-state index contributed by atoms with van der Waals surface area (Å²) in [6.45, 7) is 1.17. The van der Waals surface area contributed by atoms with E-state index in [-0.39, 0.29) is 5.69 Å². The van der Waals surface area contributed by atoms with E-state index in [4.69, 9.17) is 4.74 Å². The van der Waals surface area contributed by atoms with E-state index in [0.717, 1.165) is 36.6 Å². The molecule has 4 aromatic rings. The van der Waals surface area contributed by atoms with Crippen molar-refractivity contribution in [2.45, 2.75) is 45.0 Å². The fourth-order valence-corrected chi connectivity index (χ4v) is 4.06. The summed E-state index contributed by atoms with van der Waals surface area (Å²) in [4.78, 5) is 25.9. The van der Waals surface area contributed by atoms with Crippen molar-refractivity contribution in [1.29, 1.82) is 0 Å². The molecule has 36 heavy (non-hydrogen) atoms. The van der Waals surface area contributed by atoms with Gasteiger partial charge in [-0.25, -0.2) is 9.18 Å². The van der Waals surface area contributed by atoms with E-state index in [1.165, 1.54) is 10.8 Å². The van der Waals surface area contributed by atoms with E-state index in [0.29, 0.717) is 29.7 Å². The second kappa shape index (κ2) is 8.81. The average molecular weight is 504 g/mol. The van der Waals surface area contributed by atoms with Crippen LogP contribution in [0.2, 0.25) is 0 Å². The third kappa shape index (κ3) is 4.20. The van der Waals surface area contributed by atoms with Gasteiger partial charge in [-0.2, -0.15) is 23.0 Å². The van der Waals surface area contributed by atoms with Crippen molar-refractivity contribution in [2.24, 2.45) is 0 Å². The fourth-order valence-electron chi connectivity index (χ4n) is 4.06. The van der Waals surface area contributed by atoms with Crippen molar-refractivity contribution >= 4 is 22.5 Å². The number of carbonyl (C=O) groups excluding carboxylic acids is 1. The van der Waals surface area contributed by atoms with E-state index < -0.39 is 46.7 Å². The van der Waals surface area contributed by atoms with Gasteiger partial charge in [-0.15, -0.1) is 5.10 Å². The number of nitrogens with zero attached hydrogens (tertiary/aromatic N) is 4. The second-order valence-electron chi connectivity index (χ2n) is 8.41. The number of ether oxygens (including phenoxy) is 1. The van der Waals surface area contributed by atoms with Crippen LogP contribution in [0.25, 0.3) is 16.6 Å². The van der Waals surface area contributed by atoms with E-state index in [1.807, 2.05) is 0 Å². The van der Waals surface area contributed by atoms with Crippen molar-refractivity contribution < 1.29 is 27.1 Å². The number of para-hydroxylation sites is 1. The molecule has 1 amide bonds. The van der Waals surface area contributed by atoms with Gasteiger partial charge in [0, 0.05) is 24.4 Å². The molecule has 2 aromatic heterocycles. The number of fused-ring (bicyclic) bond motifs is 2. The van der Waals surface area contributed by atoms with Crippen molar-refractivity contribution in [3.8, 4) is 11.4 Å². The highest BCUT2D eigenvalue weighted by molar-refractivity contribution is 6.09. The van der Waals surface area contributed by atoms with Crippen LogP contribution in [-0.2, 0) is 13.0 Å². The molecule has 1 aliphatic heterocycles. The molecule has 188 valence electrons. The highest BCUT2D eigenvalue weighted by atomic mass is 19.4. The summed E-state index contributed by atoms with van der Waals surface area (Å²) < 4.78 is 62.4. The van der Waals surface area contributed by atoms with Gasteiger partial charge in [-0.1, -0.05) is 12.1 Å². The van der Waals surface area contributed by atoms with Gasteiger partial charge in [0.2, 0.25) is 0 Å². The Bertz CT molecular complexity index is 1520. The van der Waals surface area contributed by atoms with E-state index in [9.17, 15) is 22.8 Å². The third-order valence-electron chi connectivity index (χ3n) is 5.98. The van der Waals surface area contributed by atoms with Crippen LogP contribution in [-0.4, -0.2) is 42.7 Å². The molecule has 9 nitrogen and oxygen atoms in total. The van der Waals surface area contributed by atoms with Gasteiger partial charge in [0.15, 0.2) is 6.10 Å². The molecule has 13 heteroatoms. The van der Waals surface area contributed by atoms with Crippen molar-refractivity contribution in [2.75, 3.05) is 5.32 Å². The number of rotatable bonds is 5. The number of carbonyl (C=O) groups is 1. The number of amides is 1. The van der Waals surface area contributed by atoms with E-state index >= 15 is 4.39 Å². The molecule has 0 fully saturated rings. The van der Waals surface area contributed by atoms with Crippen LogP contribution in [0, 0.1) is 5.82 Å². The molecule has 0 saturated carbocycles. The number of hydrogen-bond acceptors (Lipinski definition) is 5. The van der Waals surface area contributed by atoms with Gasteiger partial charge in [-0.3, -0.25) is 14.5 Å². The van der Waals surface area contributed by atoms with Gasteiger partial charge < -0.3 is 10.1 Å². The molecular formula is C23H20F4N6O3. The SMILES string of the molecule is C[C@H](Oc1cc(-n2nc3n(c2=O)CCCC3)c(F)cc1C(=O)Nc1cccc2cn[nH]c12)C(F)(F)F. The number of nitrogens with one attached hydrogen (secondary N) is 2. The Morgan fingerprint density at radius 3 is 2.81 bits per heavy atom. The molecule has 1 aliphatic rings. The van der Waals surface area contributed by atoms with Crippen LogP contribution >= 0.6 is 0 Å². The molecule has 0 aliphatic carbocycles. The number of H-pyrrole nitrogens is 1. The van der Waals surface area contributed by atoms with Gasteiger partial charge in [0.05, 0.1) is 23.0 Å². The molecule has 3 heterocycles. The standard InChI is InChI=1S/C23H20F4N6O3/c1-12(23(25,26)27)36-18-10-17(33-22(35)32-8-3-2-7-19(32)31-33)15(24)9-14(18)21(34)29-16-6-4-5-13-11-28-30-20(13)16/h4-6,9-12H,2-3,7-8H2,1H3,(H,28,30)(H,29,34)/t12-/m0/s1. The highest BCUT2D eigenvalue weighted by Gasteiger charge is 2.39. The fraction of sp³-hybridized carbons (Fsp3) is 0.304.